The second kappa shape index (κ2) is 13.0. The van der Waals surface area contributed by atoms with Crippen molar-refractivity contribution in [3.63, 3.8) is 0 Å². The number of methoxy groups -OCH3 is 1. The highest BCUT2D eigenvalue weighted by Crippen LogP contribution is 2.31. The molecule has 1 aliphatic rings. The topological polar surface area (TPSA) is 97.7 Å². The van der Waals surface area contributed by atoms with Crippen molar-refractivity contribution in [1.82, 2.24) is 20.0 Å². The number of aromatic nitrogens is 2. The average molecular weight is 562 g/mol. The highest BCUT2D eigenvalue weighted by molar-refractivity contribution is 6.34. The van der Waals surface area contributed by atoms with Gasteiger partial charge in [0, 0.05) is 32.7 Å². The zero-order chi connectivity index (χ0) is 27.9. The van der Waals surface area contributed by atoms with Gasteiger partial charge in [-0.2, -0.15) is 5.10 Å². The molecule has 1 saturated heterocycles. The van der Waals surface area contributed by atoms with Crippen LogP contribution in [-0.2, 0) is 20.7 Å². The molecule has 0 saturated carbocycles. The van der Waals surface area contributed by atoms with E-state index in [1.165, 1.54) is 10.7 Å². The molecule has 208 valence electrons. The Labute approximate surface area is 230 Å². The fraction of sp³-hybridized carbons (Fsp3) is 0.370. The molecule has 0 unspecified atom stereocenters. The Morgan fingerprint density at radius 1 is 1.13 bits per heavy atom. The monoisotopic (exact) mass is 561 g/mol. The minimum atomic E-state index is -0.946. The van der Waals surface area contributed by atoms with E-state index in [0.717, 1.165) is 12.1 Å². The van der Waals surface area contributed by atoms with Crippen LogP contribution >= 0.6 is 11.6 Å². The van der Waals surface area contributed by atoms with Crippen LogP contribution in [0.3, 0.4) is 0 Å². The number of hydrogen-bond acceptors (Lipinski definition) is 6. The Morgan fingerprint density at radius 2 is 1.90 bits per heavy atom. The lowest BCUT2D eigenvalue weighted by molar-refractivity contribution is -0.142. The highest BCUT2D eigenvalue weighted by Gasteiger charge is 2.35. The predicted molar refractivity (Wildman–Crippen MR) is 142 cm³/mol. The minimum absolute atomic E-state index is 0.104. The Morgan fingerprint density at radius 3 is 2.59 bits per heavy atom. The number of nitrogens with zero attached hydrogens (tertiary/aromatic N) is 3. The number of para-hydroxylation sites is 1. The normalized spacial score (nSPS) is 17.3. The molecular weight excluding hydrogens is 532 g/mol. The summed E-state index contributed by atoms with van der Waals surface area (Å²) in [5, 5.41) is 10.3. The third-order valence-electron chi connectivity index (χ3n) is 6.44. The van der Waals surface area contributed by atoms with E-state index in [1.807, 2.05) is 6.07 Å². The summed E-state index contributed by atoms with van der Waals surface area (Å²) in [5.74, 6) is -2.49. The molecule has 2 atom stereocenters. The van der Waals surface area contributed by atoms with E-state index in [-0.39, 0.29) is 35.5 Å². The van der Waals surface area contributed by atoms with Crippen molar-refractivity contribution < 1.29 is 27.8 Å². The largest absolute Gasteiger partial charge is 0.466 e. The van der Waals surface area contributed by atoms with Gasteiger partial charge in [-0.25, -0.2) is 18.3 Å². The van der Waals surface area contributed by atoms with Crippen LogP contribution in [0.1, 0.15) is 24.1 Å². The Bertz CT molecular complexity index is 1310. The summed E-state index contributed by atoms with van der Waals surface area (Å²) >= 11 is 6.59. The van der Waals surface area contributed by atoms with Crippen molar-refractivity contribution >= 4 is 29.4 Å². The zero-order valence-corrected chi connectivity index (χ0v) is 22.4. The van der Waals surface area contributed by atoms with E-state index in [1.54, 1.807) is 38.3 Å². The van der Waals surface area contributed by atoms with Crippen LogP contribution in [-0.4, -0.2) is 72.7 Å². The Balaban J connectivity index is 1.57. The second-order valence-corrected chi connectivity index (χ2v) is 9.45. The first-order valence-electron chi connectivity index (χ1n) is 12.5. The van der Waals surface area contributed by atoms with Gasteiger partial charge in [-0.1, -0.05) is 35.9 Å². The van der Waals surface area contributed by atoms with Gasteiger partial charge in [-0.05, 0) is 36.8 Å². The third kappa shape index (κ3) is 6.92. The zero-order valence-electron chi connectivity index (χ0n) is 21.6. The number of likely N-dealkylation sites (tertiary alicyclic amines) is 1. The fourth-order valence-corrected chi connectivity index (χ4v) is 4.83. The standard InChI is InChI=1S/C27H30ClF2N5O4/c1-3-39-24(36)14-22-25(28)26(35(33-22)18-7-5-4-6-8-18)32-27(37)31-23-16-34(11-12-38-2)15-19(23)17-9-10-20(29)21(30)13-17/h4-10,13,19,23H,3,11-12,14-16H2,1-2H3,(H2,31,32,37)/t19-,23+/m0/s1. The summed E-state index contributed by atoms with van der Waals surface area (Å²) in [6.45, 7) is 4.00. The molecule has 1 aromatic heterocycles. The SMILES string of the molecule is CCOC(=O)Cc1nn(-c2ccccc2)c(NC(=O)N[C@@H]2CN(CCOC)C[C@H]2c2ccc(F)c(F)c2)c1Cl. The van der Waals surface area contributed by atoms with Crippen molar-refractivity contribution in [1.29, 1.82) is 0 Å². The lowest BCUT2D eigenvalue weighted by Gasteiger charge is -2.21. The maximum atomic E-state index is 14.0. The molecule has 0 aliphatic carbocycles. The molecule has 0 spiro atoms. The molecular formula is C27H30ClF2N5O4. The van der Waals surface area contributed by atoms with Crippen molar-refractivity contribution in [3.8, 4) is 5.69 Å². The van der Waals surface area contributed by atoms with E-state index in [0.29, 0.717) is 37.5 Å². The van der Waals surface area contributed by atoms with Gasteiger partial charge in [-0.3, -0.25) is 15.0 Å². The van der Waals surface area contributed by atoms with Gasteiger partial charge in [-0.15, -0.1) is 0 Å². The van der Waals surface area contributed by atoms with Crippen LogP contribution in [0.15, 0.2) is 48.5 Å². The smallest absolute Gasteiger partial charge is 0.320 e. The first kappa shape index (κ1) is 28.5. The van der Waals surface area contributed by atoms with Crippen molar-refractivity contribution in [2.75, 3.05) is 45.3 Å². The fourth-order valence-electron chi connectivity index (χ4n) is 4.60. The van der Waals surface area contributed by atoms with E-state index < -0.39 is 29.7 Å². The van der Waals surface area contributed by atoms with Gasteiger partial charge in [0.25, 0.3) is 0 Å². The molecule has 12 heteroatoms. The molecule has 4 rings (SSSR count). The number of carbonyl (C=O) groups excluding carboxylic acids is 2. The molecule has 0 bridgehead atoms. The minimum Gasteiger partial charge on any atom is -0.466 e. The molecule has 39 heavy (non-hydrogen) atoms. The summed E-state index contributed by atoms with van der Waals surface area (Å²) < 4.78 is 39.3. The molecule has 1 fully saturated rings. The molecule has 2 aromatic carbocycles. The summed E-state index contributed by atoms with van der Waals surface area (Å²) in [5.41, 5.74) is 1.44. The number of carbonyl (C=O) groups is 2. The van der Waals surface area contributed by atoms with Crippen LogP contribution < -0.4 is 10.6 Å². The van der Waals surface area contributed by atoms with Gasteiger partial charge < -0.3 is 14.8 Å². The molecule has 3 aromatic rings. The van der Waals surface area contributed by atoms with Gasteiger partial charge in [0.15, 0.2) is 17.5 Å². The Hall–Kier alpha value is -3.54. The lowest BCUT2D eigenvalue weighted by atomic mass is 9.94. The van der Waals surface area contributed by atoms with Gasteiger partial charge in [0.2, 0.25) is 0 Å². The number of hydrogen-bond donors (Lipinski definition) is 2. The molecule has 0 radical (unpaired) electrons. The number of halogens is 3. The predicted octanol–water partition coefficient (Wildman–Crippen LogP) is 4.15. The third-order valence-corrected chi connectivity index (χ3v) is 6.84. The second-order valence-electron chi connectivity index (χ2n) is 9.08. The van der Waals surface area contributed by atoms with Crippen molar-refractivity contribution in [2.45, 2.75) is 25.3 Å². The van der Waals surface area contributed by atoms with Crippen molar-refractivity contribution in [2.24, 2.45) is 0 Å². The van der Waals surface area contributed by atoms with Gasteiger partial charge >= 0.3 is 12.0 Å². The van der Waals surface area contributed by atoms with Crippen LogP contribution in [0, 0.1) is 11.6 Å². The maximum Gasteiger partial charge on any atom is 0.320 e. The molecule has 2 heterocycles. The number of amides is 2. The number of rotatable bonds is 10. The molecule has 1 aliphatic heterocycles. The van der Waals surface area contributed by atoms with Crippen LogP contribution in [0.2, 0.25) is 5.02 Å². The lowest BCUT2D eigenvalue weighted by Crippen LogP contribution is -2.42. The van der Waals surface area contributed by atoms with Crippen LogP contribution in [0.5, 0.6) is 0 Å². The average Bonchev–Trinajstić information content (AvgIpc) is 3.45. The summed E-state index contributed by atoms with van der Waals surface area (Å²) in [6, 6.07) is 11.8. The Kier molecular flexibility index (Phi) is 9.50. The number of urea groups is 1. The van der Waals surface area contributed by atoms with Gasteiger partial charge in [0.05, 0.1) is 37.1 Å². The van der Waals surface area contributed by atoms with E-state index in [9.17, 15) is 18.4 Å². The van der Waals surface area contributed by atoms with E-state index in [4.69, 9.17) is 21.1 Å². The number of esters is 1. The van der Waals surface area contributed by atoms with Crippen molar-refractivity contribution in [3.05, 3.63) is 76.4 Å². The molecule has 9 nitrogen and oxygen atoms in total. The number of benzene rings is 2. The van der Waals surface area contributed by atoms with Crippen LogP contribution in [0.4, 0.5) is 19.4 Å². The first-order chi connectivity index (χ1) is 18.8. The quantitative estimate of drug-likeness (QED) is 0.361. The number of ether oxygens (including phenoxy) is 2. The van der Waals surface area contributed by atoms with Gasteiger partial charge in [0.1, 0.15) is 5.02 Å². The first-order valence-corrected chi connectivity index (χ1v) is 12.9. The number of nitrogens with one attached hydrogen (secondary N) is 2. The summed E-state index contributed by atoms with van der Waals surface area (Å²) in [6.07, 6.45) is -0.169. The van der Waals surface area contributed by atoms with Crippen LogP contribution in [0.25, 0.3) is 5.69 Å². The number of anilines is 1. The summed E-state index contributed by atoms with van der Waals surface area (Å²) in [7, 11) is 1.60. The molecule has 2 N–H and O–H groups in total. The highest BCUT2D eigenvalue weighted by atomic mass is 35.5. The molecule has 2 amide bonds. The summed E-state index contributed by atoms with van der Waals surface area (Å²) in [4.78, 5) is 27.5. The van der Waals surface area contributed by atoms with E-state index >= 15 is 0 Å². The van der Waals surface area contributed by atoms with E-state index in [2.05, 4.69) is 20.6 Å². The maximum absolute atomic E-state index is 14.0.